The van der Waals surface area contributed by atoms with Gasteiger partial charge in [-0.2, -0.15) is 0 Å². The van der Waals surface area contributed by atoms with E-state index in [4.69, 9.17) is 11.6 Å². The normalized spacial score (nSPS) is 15.8. The van der Waals surface area contributed by atoms with E-state index < -0.39 is 21.1 Å². The molecular weight excluding hydrogens is 472 g/mol. The Morgan fingerprint density at radius 2 is 1.76 bits per heavy atom. The molecule has 2 aromatic carbocycles. The van der Waals surface area contributed by atoms with Crippen LogP contribution in [-0.2, 0) is 14.6 Å². The molecule has 1 aliphatic heterocycles. The number of halogens is 1. The highest BCUT2D eigenvalue weighted by atomic mass is 35.5. The van der Waals surface area contributed by atoms with E-state index in [1.54, 1.807) is 74.0 Å². The molecule has 4 aromatic rings. The number of carbonyl (C=O) groups is 1. The van der Waals surface area contributed by atoms with Crippen LogP contribution in [0.3, 0.4) is 0 Å². The van der Waals surface area contributed by atoms with E-state index in [0.29, 0.717) is 28.2 Å². The van der Waals surface area contributed by atoms with Crippen LogP contribution >= 0.6 is 11.6 Å². The molecule has 0 spiro atoms. The monoisotopic (exact) mass is 490 g/mol. The minimum Gasteiger partial charge on any atom is -0.372 e. The molecule has 2 N–H and O–H groups in total. The van der Waals surface area contributed by atoms with Gasteiger partial charge < -0.3 is 10.6 Å². The lowest BCUT2D eigenvalue weighted by molar-refractivity contribution is -0.108. The number of pyridine rings is 2. The SMILES string of the molecule is CC1=C(C(=O)Cl)C(c2cncc3ncccc23)Nc2ccc(S(=O)(=O)c3ccccc3)cc2N1. The number of hydrogen-bond donors (Lipinski definition) is 2. The van der Waals surface area contributed by atoms with E-state index in [1.807, 2.05) is 12.1 Å². The quantitative estimate of drug-likeness (QED) is 0.384. The van der Waals surface area contributed by atoms with E-state index in [1.165, 1.54) is 0 Å². The number of sulfone groups is 1. The van der Waals surface area contributed by atoms with Gasteiger partial charge in [0.2, 0.25) is 9.84 Å². The molecule has 2 aromatic heterocycles. The molecule has 9 heteroatoms. The van der Waals surface area contributed by atoms with Crippen molar-refractivity contribution < 1.29 is 13.2 Å². The van der Waals surface area contributed by atoms with Gasteiger partial charge in [-0.15, -0.1) is 0 Å². The summed E-state index contributed by atoms with van der Waals surface area (Å²) in [5.41, 5.74) is 3.35. The second-order valence-corrected chi connectivity index (χ2v) is 10.1. The van der Waals surface area contributed by atoms with E-state index in [2.05, 4.69) is 20.6 Å². The van der Waals surface area contributed by atoms with E-state index in [0.717, 1.165) is 10.9 Å². The number of carbonyl (C=O) groups excluding carboxylic acids is 1. The van der Waals surface area contributed by atoms with Gasteiger partial charge in [-0.1, -0.05) is 24.3 Å². The van der Waals surface area contributed by atoms with Gasteiger partial charge in [-0.25, -0.2) is 8.42 Å². The van der Waals surface area contributed by atoms with Gasteiger partial charge in [0.25, 0.3) is 5.24 Å². The van der Waals surface area contributed by atoms with Crippen LogP contribution in [0.4, 0.5) is 11.4 Å². The van der Waals surface area contributed by atoms with Crippen molar-refractivity contribution in [3.05, 3.63) is 96.1 Å². The Bertz CT molecular complexity index is 1560. The summed E-state index contributed by atoms with van der Waals surface area (Å²) in [5, 5.41) is 6.73. The summed E-state index contributed by atoms with van der Waals surface area (Å²) in [6.45, 7) is 1.73. The molecule has 0 saturated heterocycles. The van der Waals surface area contributed by atoms with Crippen molar-refractivity contribution in [1.82, 2.24) is 9.97 Å². The molecule has 7 nitrogen and oxygen atoms in total. The largest absolute Gasteiger partial charge is 0.372 e. The fourth-order valence-electron chi connectivity index (χ4n) is 4.12. The van der Waals surface area contributed by atoms with Crippen molar-refractivity contribution in [2.45, 2.75) is 22.8 Å². The van der Waals surface area contributed by atoms with E-state index in [9.17, 15) is 13.2 Å². The van der Waals surface area contributed by atoms with Crippen LogP contribution in [-0.4, -0.2) is 23.6 Å². The third-order valence-corrected chi connectivity index (χ3v) is 7.72. The van der Waals surface area contributed by atoms with E-state index >= 15 is 0 Å². The van der Waals surface area contributed by atoms with Gasteiger partial charge in [-0.3, -0.25) is 14.8 Å². The zero-order valence-electron chi connectivity index (χ0n) is 18.0. The number of aromatic nitrogens is 2. The molecule has 0 amide bonds. The Kier molecular flexibility index (Phi) is 5.55. The predicted molar refractivity (Wildman–Crippen MR) is 131 cm³/mol. The van der Waals surface area contributed by atoms with Crippen molar-refractivity contribution in [3.63, 3.8) is 0 Å². The highest BCUT2D eigenvalue weighted by molar-refractivity contribution is 7.91. The first-order chi connectivity index (χ1) is 16.4. The molecule has 0 saturated carbocycles. The first kappa shape index (κ1) is 22.1. The van der Waals surface area contributed by atoms with Gasteiger partial charge in [0.1, 0.15) is 0 Å². The average molecular weight is 491 g/mol. The minimum atomic E-state index is -3.72. The molecule has 0 radical (unpaired) electrons. The molecule has 0 aliphatic carbocycles. The fourth-order valence-corrected chi connectivity index (χ4v) is 5.67. The molecule has 0 fully saturated rings. The number of nitrogens with one attached hydrogen (secondary N) is 2. The summed E-state index contributed by atoms with van der Waals surface area (Å²) in [6.07, 6.45) is 5.00. The Morgan fingerprint density at radius 3 is 2.53 bits per heavy atom. The standard InChI is InChI=1S/C25H19ClN4O3S/c1-15-23(25(26)31)24(19-13-27-14-22-18(19)8-5-11-28-22)30-20-10-9-17(12-21(20)29-15)34(32,33)16-6-3-2-4-7-16/h2-14,24,29-30H,1H3. The van der Waals surface area contributed by atoms with Gasteiger partial charge in [0.05, 0.1) is 44.5 Å². The molecule has 170 valence electrons. The highest BCUT2D eigenvalue weighted by Crippen LogP contribution is 2.40. The molecule has 3 heterocycles. The van der Waals surface area contributed by atoms with Crippen LogP contribution in [0.2, 0.25) is 0 Å². The number of benzene rings is 2. The number of rotatable bonds is 4. The van der Waals surface area contributed by atoms with Crippen LogP contribution in [0.5, 0.6) is 0 Å². The van der Waals surface area contributed by atoms with Crippen molar-refractivity contribution in [2.24, 2.45) is 0 Å². The Labute approximate surface area is 201 Å². The Balaban J connectivity index is 1.65. The lowest BCUT2D eigenvalue weighted by Gasteiger charge is -2.21. The van der Waals surface area contributed by atoms with Crippen molar-refractivity contribution in [3.8, 4) is 0 Å². The summed E-state index contributed by atoms with van der Waals surface area (Å²) in [6, 6.07) is 16.1. The fraction of sp³-hybridized carbons (Fsp3) is 0.0800. The molecule has 0 bridgehead atoms. The maximum absolute atomic E-state index is 13.1. The lowest BCUT2D eigenvalue weighted by atomic mass is 9.96. The summed E-state index contributed by atoms with van der Waals surface area (Å²) < 4.78 is 26.3. The number of nitrogens with zero attached hydrogens (tertiary/aromatic N) is 2. The second-order valence-electron chi connectivity index (χ2n) is 7.84. The van der Waals surface area contributed by atoms with E-state index in [-0.39, 0.29) is 9.79 Å². The van der Waals surface area contributed by atoms with Crippen molar-refractivity contribution >= 4 is 49.0 Å². The van der Waals surface area contributed by atoms with Gasteiger partial charge in [0, 0.05) is 29.0 Å². The summed E-state index contributed by atoms with van der Waals surface area (Å²) in [5.74, 6) is 0. The van der Waals surface area contributed by atoms with Crippen molar-refractivity contribution in [1.29, 1.82) is 0 Å². The van der Waals surface area contributed by atoms with Crippen molar-refractivity contribution in [2.75, 3.05) is 10.6 Å². The third kappa shape index (κ3) is 3.81. The summed E-state index contributed by atoms with van der Waals surface area (Å²) in [4.78, 5) is 21.5. The third-order valence-electron chi connectivity index (χ3n) is 5.75. The zero-order chi connectivity index (χ0) is 23.9. The molecule has 1 atom stereocenters. The predicted octanol–water partition coefficient (Wildman–Crippen LogP) is 5.08. The lowest BCUT2D eigenvalue weighted by Crippen LogP contribution is -2.18. The maximum Gasteiger partial charge on any atom is 0.252 e. The summed E-state index contributed by atoms with van der Waals surface area (Å²) in [7, 11) is -3.72. The highest BCUT2D eigenvalue weighted by Gasteiger charge is 2.30. The Morgan fingerprint density at radius 1 is 0.971 bits per heavy atom. The second kappa shape index (κ2) is 8.55. The maximum atomic E-state index is 13.1. The molecule has 5 rings (SSSR count). The smallest absolute Gasteiger partial charge is 0.252 e. The van der Waals surface area contributed by atoms with Crippen LogP contribution in [0.15, 0.2) is 100 Å². The van der Waals surface area contributed by atoms with Gasteiger partial charge in [-0.05, 0) is 54.9 Å². The first-order valence-electron chi connectivity index (χ1n) is 10.4. The first-order valence-corrected chi connectivity index (χ1v) is 12.3. The van der Waals surface area contributed by atoms with Crippen LogP contribution in [0.1, 0.15) is 18.5 Å². The number of anilines is 2. The van der Waals surface area contributed by atoms with Crippen LogP contribution in [0, 0.1) is 0 Å². The number of hydrogen-bond acceptors (Lipinski definition) is 7. The Hall–Kier alpha value is -3.75. The molecule has 1 unspecified atom stereocenters. The molecule has 34 heavy (non-hydrogen) atoms. The topological polar surface area (TPSA) is 101 Å². The zero-order valence-corrected chi connectivity index (χ0v) is 19.6. The van der Waals surface area contributed by atoms with Gasteiger partial charge >= 0.3 is 0 Å². The molecule has 1 aliphatic rings. The van der Waals surface area contributed by atoms with Crippen LogP contribution < -0.4 is 10.6 Å². The number of fused-ring (bicyclic) bond motifs is 2. The number of allylic oxidation sites excluding steroid dienone is 1. The summed E-state index contributed by atoms with van der Waals surface area (Å²) >= 11 is 6.04. The minimum absolute atomic E-state index is 0.132. The van der Waals surface area contributed by atoms with Crippen LogP contribution in [0.25, 0.3) is 10.9 Å². The molecular formula is C25H19ClN4O3S. The van der Waals surface area contributed by atoms with Gasteiger partial charge in [0.15, 0.2) is 0 Å². The average Bonchev–Trinajstić information content (AvgIpc) is 2.99.